The van der Waals surface area contributed by atoms with Crippen LogP contribution in [-0.2, 0) is 14.8 Å². The zero-order valence-electron chi connectivity index (χ0n) is 10.9. The number of rotatable bonds is 4. The third kappa shape index (κ3) is 3.79. The zero-order chi connectivity index (χ0) is 14.8. The Bertz CT molecular complexity index is 587. The van der Waals surface area contributed by atoms with Gasteiger partial charge in [-0.05, 0) is 35.0 Å². The maximum absolute atomic E-state index is 12.1. The minimum atomic E-state index is -3.62. The molecular formula is C11H16BrN3O3S2. The summed E-state index contributed by atoms with van der Waals surface area (Å²) in [6.45, 7) is 3.81. The molecule has 1 aliphatic rings. The van der Waals surface area contributed by atoms with Crippen LogP contribution in [0.5, 0.6) is 0 Å². The Morgan fingerprint density at radius 3 is 2.95 bits per heavy atom. The molecule has 2 rings (SSSR count). The number of carbonyl (C=O) groups is 1. The number of hydrogen-bond donors (Lipinski definition) is 2. The van der Waals surface area contributed by atoms with Gasteiger partial charge in [0, 0.05) is 25.7 Å². The predicted molar refractivity (Wildman–Crippen MR) is 81.3 cm³/mol. The quantitative estimate of drug-likeness (QED) is 0.800. The van der Waals surface area contributed by atoms with Crippen molar-refractivity contribution in [3.05, 3.63) is 15.9 Å². The van der Waals surface area contributed by atoms with E-state index in [4.69, 9.17) is 0 Å². The fraction of sp³-hybridized carbons (Fsp3) is 0.545. The first-order valence-corrected chi connectivity index (χ1v) is 9.24. The summed E-state index contributed by atoms with van der Waals surface area (Å²) in [5.41, 5.74) is 0. The highest BCUT2D eigenvalue weighted by molar-refractivity contribution is 9.11. The first-order valence-electron chi connectivity index (χ1n) is 6.15. The van der Waals surface area contributed by atoms with Crippen LogP contribution in [0.3, 0.4) is 0 Å². The first kappa shape index (κ1) is 15.9. The van der Waals surface area contributed by atoms with Crippen LogP contribution >= 0.6 is 27.3 Å². The van der Waals surface area contributed by atoms with E-state index in [-0.39, 0.29) is 22.7 Å². The predicted octanol–water partition coefficient (Wildman–Crippen LogP) is 0.609. The fourth-order valence-electron chi connectivity index (χ4n) is 1.98. The number of halogens is 1. The third-order valence-corrected chi connectivity index (χ3v) is 6.57. The van der Waals surface area contributed by atoms with Gasteiger partial charge in [-0.2, -0.15) is 0 Å². The van der Waals surface area contributed by atoms with Crippen molar-refractivity contribution in [2.24, 2.45) is 0 Å². The minimum absolute atomic E-state index is 0.0802. The van der Waals surface area contributed by atoms with Crippen molar-refractivity contribution >= 4 is 43.2 Å². The van der Waals surface area contributed by atoms with Gasteiger partial charge in [0.05, 0.1) is 10.3 Å². The second-order valence-corrected chi connectivity index (χ2v) is 8.98. The molecule has 1 saturated heterocycles. The molecule has 1 aromatic rings. The Labute approximate surface area is 130 Å². The van der Waals surface area contributed by atoms with Gasteiger partial charge in [-0.1, -0.05) is 0 Å². The van der Waals surface area contributed by atoms with Crippen LogP contribution in [-0.4, -0.2) is 51.4 Å². The molecule has 1 atom stereocenters. The summed E-state index contributed by atoms with van der Waals surface area (Å²) >= 11 is 4.33. The average Bonchev–Trinajstić information content (AvgIpc) is 2.84. The number of hydrogen-bond acceptors (Lipinski definition) is 5. The zero-order valence-corrected chi connectivity index (χ0v) is 14.1. The normalized spacial score (nSPS) is 20.1. The van der Waals surface area contributed by atoms with Crippen LogP contribution < -0.4 is 10.0 Å². The van der Waals surface area contributed by atoms with Crippen LogP contribution in [0.2, 0.25) is 0 Å². The number of thiophene rings is 1. The summed E-state index contributed by atoms with van der Waals surface area (Å²) < 4.78 is 27.3. The molecule has 2 N–H and O–H groups in total. The third-order valence-electron chi connectivity index (χ3n) is 3.05. The van der Waals surface area contributed by atoms with E-state index in [0.717, 1.165) is 28.2 Å². The lowest BCUT2D eigenvalue weighted by atomic mass is 10.2. The number of nitrogens with one attached hydrogen (secondary N) is 2. The van der Waals surface area contributed by atoms with Gasteiger partial charge < -0.3 is 10.2 Å². The van der Waals surface area contributed by atoms with Crippen LogP contribution in [0, 0.1) is 0 Å². The van der Waals surface area contributed by atoms with E-state index in [2.05, 4.69) is 26.0 Å². The molecule has 0 saturated carbocycles. The Morgan fingerprint density at radius 1 is 1.60 bits per heavy atom. The topological polar surface area (TPSA) is 78.5 Å². The molecule has 1 aliphatic heterocycles. The minimum Gasteiger partial charge on any atom is -0.336 e. The molecule has 112 valence electrons. The highest BCUT2D eigenvalue weighted by atomic mass is 79.9. The molecule has 6 nitrogen and oxygen atoms in total. The summed E-state index contributed by atoms with van der Waals surface area (Å²) in [5.74, 6) is -0.196. The Hall–Kier alpha value is -0.480. The number of sulfonamides is 1. The Morgan fingerprint density at radius 2 is 2.35 bits per heavy atom. The molecule has 2 heterocycles. The molecule has 0 bridgehead atoms. The molecule has 0 aliphatic carbocycles. The van der Waals surface area contributed by atoms with Crippen LogP contribution in [0.4, 0.5) is 0 Å². The number of piperazine rings is 1. The van der Waals surface area contributed by atoms with Crippen molar-refractivity contribution in [3.8, 4) is 0 Å². The van der Waals surface area contributed by atoms with Crippen LogP contribution in [0.1, 0.15) is 6.92 Å². The van der Waals surface area contributed by atoms with Crippen molar-refractivity contribution < 1.29 is 13.2 Å². The number of amides is 1. The van der Waals surface area contributed by atoms with Gasteiger partial charge in [-0.3, -0.25) is 4.79 Å². The van der Waals surface area contributed by atoms with E-state index in [0.29, 0.717) is 6.54 Å². The lowest BCUT2D eigenvalue weighted by Gasteiger charge is -2.34. The lowest BCUT2D eigenvalue weighted by molar-refractivity contribution is -0.132. The molecule has 1 aromatic heterocycles. The summed E-state index contributed by atoms with van der Waals surface area (Å²) in [6.07, 6.45) is 0. The van der Waals surface area contributed by atoms with Crippen molar-refractivity contribution in [1.82, 2.24) is 14.9 Å². The molecule has 0 spiro atoms. The number of carbonyl (C=O) groups excluding carboxylic acids is 1. The maximum atomic E-state index is 12.1. The smallest absolute Gasteiger partial charge is 0.250 e. The van der Waals surface area contributed by atoms with E-state index in [1.165, 1.54) is 6.07 Å². The van der Waals surface area contributed by atoms with Gasteiger partial charge in [0.1, 0.15) is 4.21 Å². The van der Waals surface area contributed by atoms with Gasteiger partial charge in [0.2, 0.25) is 5.91 Å². The standard InChI is InChI=1S/C11H16BrN3O3S2/c1-8-6-13-4-5-15(8)10(16)7-14-20(17,18)11-3-2-9(12)19-11/h2-3,8,13-14H,4-7H2,1H3/t8-/m1/s1. The second kappa shape index (κ2) is 6.52. The molecular weight excluding hydrogens is 366 g/mol. The lowest BCUT2D eigenvalue weighted by Crippen LogP contribution is -2.54. The van der Waals surface area contributed by atoms with E-state index in [9.17, 15) is 13.2 Å². The first-order chi connectivity index (χ1) is 9.40. The summed E-state index contributed by atoms with van der Waals surface area (Å²) in [4.78, 5) is 13.8. The molecule has 0 aromatic carbocycles. The molecule has 0 unspecified atom stereocenters. The van der Waals surface area contributed by atoms with Gasteiger partial charge in [0.25, 0.3) is 10.0 Å². The summed E-state index contributed by atoms with van der Waals surface area (Å²) in [5, 5.41) is 3.18. The van der Waals surface area contributed by atoms with Crippen molar-refractivity contribution in [3.63, 3.8) is 0 Å². The van der Waals surface area contributed by atoms with Crippen LogP contribution in [0.25, 0.3) is 0 Å². The van der Waals surface area contributed by atoms with Gasteiger partial charge in [0.15, 0.2) is 0 Å². The maximum Gasteiger partial charge on any atom is 0.250 e. The van der Waals surface area contributed by atoms with Crippen LogP contribution in [0.15, 0.2) is 20.1 Å². The SMILES string of the molecule is C[C@@H]1CNCCN1C(=O)CNS(=O)(=O)c1ccc(Br)s1. The molecule has 1 fully saturated rings. The largest absolute Gasteiger partial charge is 0.336 e. The van der Waals surface area contributed by atoms with E-state index < -0.39 is 10.0 Å². The summed E-state index contributed by atoms with van der Waals surface area (Å²) in [6, 6.07) is 3.26. The van der Waals surface area contributed by atoms with E-state index in [1.807, 2.05) is 6.92 Å². The molecule has 20 heavy (non-hydrogen) atoms. The molecule has 0 radical (unpaired) electrons. The van der Waals surface area contributed by atoms with Crippen molar-refractivity contribution in [2.45, 2.75) is 17.2 Å². The van der Waals surface area contributed by atoms with E-state index in [1.54, 1.807) is 11.0 Å². The average molecular weight is 382 g/mol. The second-order valence-electron chi connectivity index (χ2n) is 4.52. The van der Waals surface area contributed by atoms with Crippen molar-refractivity contribution in [2.75, 3.05) is 26.2 Å². The number of nitrogens with zero attached hydrogens (tertiary/aromatic N) is 1. The Balaban J connectivity index is 1.96. The summed E-state index contributed by atoms with van der Waals surface area (Å²) in [7, 11) is -3.62. The molecule has 9 heteroatoms. The van der Waals surface area contributed by atoms with Gasteiger partial charge in [-0.15, -0.1) is 11.3 Å². The monoisotopic (exact) mass is 381 g/mol. The fourth-order valence-corrected chi connectivity index (χ4v) is 5.01. The van der Waals surface area contributed by atoms with Crippen molar-refractivity contribution in [1.29, 1.82) is 0 Å². The van der Waals surface area contributed by atoms with E-state index >= 15 is 0 Å². The highest BCUT2D eigenvalue weighted by Crippen LogP contribution is 2.25. The molecule has 1 amide bonds. The van der Waals surface area contributed by atoms with Gasteiger partial charge in [-0.25, -0.2) is 13.1 Å². The Kier molecular flexibility index (Phi) is 5.19. The van der Waals surface area contributed by atoms with Gasteiger partial charge >= 0.3 is 0 Å². The highest BCUT2D eigenvalue weighted by Gasteiger charge is 2.25.